The van der Waals surface area contributed by atoms with Gasteiger partial charge in [0.2, 0.25) is 5.91 Å². The van der Waals surface area contributed by atoms with Crippen LogP contribution in [0.25, 0.3) is 0 Å². The molecule has 0 spiro atoms. The summed E-state index contributed by atoms with van der Waals surface area (Å²) in [6.45, 7) is 12.4. The first-order valence-corrected chi connectivity index (χ1v) is 16.3. The van der Waals surface area contributed by atoms with Gasteiger partial charge in [0.05, 0.1) is 24.2 Å². The number of nitriles is 1. The lowest BCUT2D eigenvalue weighted by Gasteiger charge is -2.43. The second-order valence-corrected chi connectivity index (χ2v) is 12.9. The molecule has 2 fully saturated rings. The Morgan fingerprint density at radius 1 is 1.16 bits per heavy atom. The normalized spacial score (nSPS) is 23.7. The highest BCUT2D eigenvalue weighted by Crippen LogP contribution is 2.38. The Labute approximate surface area is 260 Å². The van der Waals surface area contributed by atoms with Crippen LogP contribution in [0, 0.1) is 11.3 Å². The topological polar surface area (TPSA) is 109 Å². The zero-order valence-electron chi connectivity index (χ0n) is 26.1. The van der Waals surface area contributed by atoms with Crippen molar-refractivity contribution in [1.82, 2.24) is 19.8 Å². The lowest BCUT2D eigenvalue weighted by atomic mass is 9.88. The number of phenolic OH excluding ortho intramolecular Hbond substituents is 1. The summed E-state index contributed by atoms with van der Waals surface area (Å²) in [4.78, 5) is 31.6. The first-order valence-electron chi connectivity index (χ1n) is 16.3. The first-order chi connectivity index (χ1) is 21.4. The molecule has 2 saturated heterocycles. The quantitative estimate of drug-likeness (QED) is 0.453. The summed E-state index contributed by atoms with van der Waals surface area (Å²) in [5.41, 5.74) is 4.58. The monoisotopic (exact) mass is 599 g/mol. The van der Waals surface area contributed by atoms with Gasteiger partial charge in [-0.3, -0.25) is 9.69 Å². The van der Waals surface area contributed by atoms with Gasteiger partial charge in [-0.05, 0) is 76.6 Å². The standard InChI is InChI=1S/C34H45N7O3/c1-4-32(43)41-18-17-38(21-26(41)13-14-35)33-29-12-10-25(40-16-5-7-24-9-11-28(42)20-31(24)40)19-30(29)36-34(37-33)44-22-27-8-6-15-39(27)23(2)3/h4,9,11,20,23,25-27,42H,1,5-8,10,12-13,15-19,21-22H2,2-3H3/t25-,26-,27-/m0/s1. The molecule has 0 saturated carbocycles. The van der Waals surface area contributed by atoms with Crippen LogP contribution < -0.4 is 14.5 Å². The lowest BCUT2D eigenvalue weighted by molar-refractivity contribution is -0.128. The minimum atomic E-state index is -0.235. The predicted molar refractivity (Wildman–Crippen MR) is 170 cm³/mol. The van der Waals surface area contributed by atoms with Gasteiger partial charge in [-0.2, -0.15) is 15.2 Å². The average Bonchev–Trinajstić information content (AvgIpc) is 3.52. The molecule has 44 heavy (non-hydrogen) atoms. The molecule has 2 aromatic rings. The molecule has 4 aliphatic rings. The molecule has 1 aromatic carbocycles. The molecular formula is C34H45N7O3. The Morgan fingerprint density at radius 2 is 2.02 bits per heavy atom. The number of aromatic nitrogens is 2. The summed E-state index contributed by atoms with van der Waals surface area (Å²) in [5, 5.41) is 19.8. The smallest absolute Gasteiger partial charge is 0.318 e. The number of carbonyl (C=O) groups excluding carboxylic acids is 1. The van der Waals surface area contributed by atoms with E-state index in [0.29, 0.717) is 50.1 Å². The highest BCUT2D eigenvalue weighted by atomic mass is 16.5. The van der Waals surface area contributed by atoms with Gasteiger partial charge < -0.3 is 24.5 Å². The number of amides is 1. The van der Waals surface area contributed by atoms with Gasteiger partial charge in [0.15, 0.2) is 0 Å². The van der Waals surface area contributed by atoms with Crippen LogP contribution in [0.15, 0.2) is 30.9 Å². The maximum Gasteiger partial charge on any atom is 0.318 e. The van der Waals surface area contributed by atoms with Crippen LogP contribution in [0.5, 0.6) is 11.8 Å². The summed E-state index contributed by atoms with van der Waals surface area (Å²) in [6.07, 6.45) is 8.54. The molecule has 10 heteroatoms. The van der Waals surface area contributed by atoms with Gasteiger partial charge in [-0.1, -0.05) is 12.6 Å². The zero-order chi connectivity index (χ0) is 30.8. The maximum atomic E-state index is 12.6. The molecule has 0 radical (unpaired) electrons. The van der Waals surface area contributed by atoms with Gasteiger partial charge in [0.25, 0.3) is 0 Å². The van der Waals surface area contributed by atoms with Crippen molar-refractivity contribution in [2.24, 2.45) is 0 Å². The zero-order valence-corrected chi connectivity index (χ0v) is 26.1. The Bertz CT molecular complexity index is 1420. The van der Waals surface area contributed by atoms with Crippen molar-refractivity contribution in [3.63, 3.8) is 0 Å². The van der Waals surface area contributed by atoms with Crippen LogP contribution in [0.3, 0.4) is 0 Å². The number of hydrogen-bond donors (Lipinski definition) is 1. The van der Waals surface area contributed by atoms with Crippen molar-refractivity contribution < 1.29 is 14.6 Å². The van der Waals surface area contributed by atoms with Crippen LogP contribution in [0.4, 0.5) is 11.5 Å². The molecule has 0 unspecified atom stereocenters. The summed E-state index contributed by atoms with van der Waals surface area (Å²) in [7, 11) is 0. The van der Waals surface area contributed by atoms with Gasteiger partial charge >= 0.3 is 6.01 Å². The number of fused-ring (bicyclic) bond motifs is 2. The van der Waals surface area contributed by atoms with Crippen LogP contribution in [0.1, 0.15) is 62.8 Å². The molecule has 1 N–H and O–H groups in total. The lowest BCUT2D eigenvalue weighted by Crippen LogP contribution is -2.55. The fourth-order valence-electron chi connectivity index (χ4n) is 7.74. The highest BCUT2D eigenvalue weighted by molar-refractivity contribution is 5.87. The van der Waals surface area contributed by atoms with Crippen LogP contribution in [-0.2, 0) is 24.1 Å². The van der Waals surface area contributed by atoms with E-state index >= 15 is 0 Å². The Balaban J connectivity index is 1.30. The number of anilines is 2. The van der Waals surface area contributed by atoms with Crippen LogP contribution >= 0.6 is 0 Å². The molecule has 234 valence electrons. The molecule has 4 heterocycles. The number of benzene rings is 1. The SMILES string of the molecule is C=CC(=O)N1CCN(c2nc(OC[C@@H]3CCCN3C(C)C)nc3c2CC[C@H](N2CCCc4ccc(O)cc42)C3)C[C@@H]1CC#N. The highest BCUT2D eigenvalue weighted by Gasteiger charge is 2.36. The molecule has 1 aliphatic carbocycles. The number of likely N-dealkylation sites (tertiary alicyclic amines) is 1. The number of piperazine rings is 1. The van der Waals surface area contributed by atoms with E-state index in [-0.39, 0.29) is 24.4 Å². The van der Waals surface area contributed by atoms with E-state index < -0.39 is 0 Å². The van der Waals surface area contributed by atoms with Crippen molar-refractivity contribution in [3.8, 4) is 17.8 Å². The summed E-state index contributed by atoms with van der Waals surface area (Å²) >= 11 is 0. The Hall–Kier alpha value is -3.84. The molecule has 1 amide bonds. The van der Waals surface area contributed by atoms with E-state index in [4.69, 9.17) is 14.7 Å². The van der Waals surface area contributed by atoms with Crippen molar-refractivity contribution >= 4 is 17.4 Å². The molecule has 0 bridgehead atoms. The van der Waals surface area contributed by atoms with E-state index in [1.54, 1.807) is 11.0 Å². The molecule has 3 aliphatic heterocycles. The maximum absolute atomic E-state index is 12.6. The van der Waals surface area contributed by atoms with Gasteiger partial charge in [0, 0.05) is 68.0 Å². The van der Waals surface area contributed by atoms with E-state index in [1.165, 1.54) is 18.1 Å². The number of nitrogens with zero attached hydrogens (tertiary/aromatic N) is 7. The number of phenols is 1. The number of ether oxygens (including phenoxy) is 1. The molecule has 6 rings (SSSR count). The fraction of sp³-hybridized carbons (Fsp3) is 0.588. The summed E-state index contributed by atoms with van der Waals surface area (Å²) in [6, 6.07) is 9.26. The summed E-state index contributed by atoms with van der Waals surface area (Å²) in [5.74, 6) is 1.04. The second-order valence-electron chi connectivity index (χ2n) is 12.9. The molecule has 3 atom stereocenters. The van der Waals surface area contributed by atoms with E-state index in [1.807, 2.05) is 6.07 Å². The summed E-state index contributed by atoms with van der Waals surface area (Å²) < 4.78 is 6.40. The third kappa shape index (κ3) is 6.07. The van der Waals surface area contributed by atoms with Gasteiger partial charge in [-0.15, -0.1) is 0 Å². The fourth-order valence-corrected chi connectivity index (χ4v) is 7.74. The number of aryl methyl sites for hydroxylation is 1. The second kappa shape index (κ2) is 13.0. The Morgan fingerprint density at radius 3 is 2.82 bits per heavy atom. The molecule has 10 nitrogen and oxygen atoms in total. The average molecular weight is 600 g/mol. The third-order valence-electron chi connectivity index (χ3n) is 9.93. The van der Waals surface area contributed by atoms with E-state index in [9.17, 15) is 15.2 Å². The number of hydrogen-bond acceptors (Lipinski definition) is 9. The number of aromatic hydroxyl groups is 1. The minimum absolute atomic E-state index is 0.138. The first kappa shape index (κ1) is 30.2. The van der Waals surface area contributed by atoms with Crippen molar-refractivity contribution in [2.75, 3.05) is 49.1 Å². The van der Waals surface area contributed by atoms with E-state index in [0.717, 1.165) is 74.4 Å². The molecule has 1 aromatic heterocycles. The molecular weight excluding hydrogens is 554 g/mol. The number of carbonyl (C=O) groups is 1. The Kier molecular flexibility index (Phi) is 8.94. The predicted octanol–water partition coefficient (Wildman–Crippen LogP) is 3.86. The van der Waals surface area contributed by atoms with Gasteiger partial charge in [0.1, 0.15) is 18.2 Å². The van der Waals surface area contributed by atoms with Crippen molar-refractivity contribution in [2.45, 2.75) is 89.4 Å². The minimum Gasteiger partial charge on any atom is -0.508 e. The van der Waals surface area contributed by atoms with Crippen molar-refractivity contribution in [3.05, 3.63) is 47.7 Å². The van der Waals surface area contributed by atoms with Gasteiger partial charge in [-0.25, -0.2) is 0 Å². The van der Waals surface area contributed by atoms with Crippen molar-refractivity contribution in [1.29, 1.82) is 5.26 Å². The van der Waals surface area contributed by atoms with E-state index in [2.05, 4.69) is 47.3 Å². The van der Waals surface area contributed by atoms with Crippen LogP contribution in [-0.4, -0.2) is 94.3 Å². The number of rotatable bonds is 8. The van der Waals surface area contributed by atoms with Crippen LogP contribution in [0.2, 0.25) is 0 Å². The largest absolute Gasteiger partial charge is 0.508 e. The third-order valence-corrected chi connectivity index (χ3v) is 9.93.